The molecule has 4 rings (SSSR count). The van der Waals surface area contributed by atoms with Gasteiger partial charge in [0.1, 0.15) is 5.82 Å². The van der Waals surface area contributed by atoms with Gasteiger partial charge >= 0.3 is 0 Å². The molecule has 30 heavy (non-hydrogen) atoms. The van der Waals surface area contributed by atoms with Crippen molar-refractivity contribution in [2.45, 2.75) is 11.4 Å². The van der Waals surface area contributed by atoms with Gasteiger partial charge in [0.25, 0.3) is 5.91 Å². The van der Waals surface area contributed by atoms with Crippen molar-refractivity contribution < 1.29 is 4.79 Å². The van der Waals surface area contributed by atoms with Gasteiger partial charge in [0.15, 0.2) is 0 Å². The SMILES string of the molecule is CSc1cccc(Nc2cc(C(=O)NCc3ccc(Cl)cc3)c3ccccc3n2)c1. The summed E-state index contributed by atoms with van der Waals surface area (Å²) in [6.07, 6.45) is 2.04. The number of hydrogen-bond donors (Lipinski definition) is 2. The fraction of sp³-hybridized carbons (Fsp3) is 0.0833. The topological polar surface area (TPSA) is 54.0 Å². The van der Waals surface area contributed by atoms with Crippen molar-refractivity contribution in [3.8, 4) is 0 Å². The number of para-hydroxylation sites is 1. The predicted molar refractivity (Wildman–Crippen MR) is 126 cm³/mol. The molecule has 0 fully saturated rings. The summed E-state index contributed by atoms with van der Waals surface area (Å²) < 4.78 is 0. The molecule has 1 aromatic heterocycles. The van der Waals surface area contributed by atoms with Gasteiger partial charge < -0.3 is 10.6 Å². The molecule has 0 unspecified atom stereocenters. The minimum absolute atomic E-state index is 0.149. The van der Waals surface area contributed by atoms with Crippen LogP contribution in [0.2, 0.25) is 5.02 Å². The van der Waals surface area contributed by atoms with Gasteiger partial charge in [-0.3, -0.25) is 4.79 Å². The Morgan fingerprint density at radius 1 is 1.00 bits per heavy atom. The summed E-state index contributed by atoms with van der Waals surface area (Å²) in [5.41, 5.74) is 3.26. The molecule has 4 nitrogen and oxygen atoms in total. The smallest absolute Gasteiger partial charge is 0.252 e. The first-order chi connectivity index (χ1) is 14.6. The first kappa shape index (κ1) is 20.3. The maximum absolute atomic E-state index is 13.0. The van der Waals surface area contributed by atoms with Crippen molar-refractivity contribution in [3.63, 3.8) is 0 Å². The summed E-state index contributed by atoms with van der Waals surface area (Å²) in [5.74, 6) is 0.480. The number of amides is 1. The van der Waals surface area contributed by atoms with Crippen molar-refractivity contribution in [1.29, 1.82) is 0 Å². The van der Waals surface area contributed by atoms with Crippen LogP contribution in [0.3, 0.4) is 0 Å². The number of aromatic nitrogens is 1. The Balaban J connectivity index is 1.62. The van der Waals surface area contributed by atoms with Gasteiger partial charge in [-0.25, -0.2) is 4.98 Å². The number of carbonyl (C=O) groups is 1. The average Bonchev–Trinajstić information content (AvgIpc) is 2.78. The maximum atomic E-state index is 13.0. The van der Waals surface area contributed by atoms with Gasteiger partial charge in [-0.2, -0.15) is 0 Å². The van der Waals surface area contributed by atoms with Gasteiger partial charge in [0.05, 0.1) is 11.1 Å². The highest BCUT2D eigenvalue weighted by atomic mass is 35.5. The number of rotatable bonds is 6. The summed E-state index contributed by atoms with van der Waals surface area (Å²) in [4.78, 5) is 18.8. The number of fused-ring (bicyclic) bond motifs is 1. The molecule has 3 aromatic carbocycles. The van der Waals surface area contributed by atoms with Gasteiger partial charge in [-0.05, 0) is 54.3 Å². The van der Waals surface area contributed by atoms with Crippen LogP contribution in [-0.2, 0) is 6.54 Å². The summed E-state index contributed by atoms with van der Waals surface area (Å²) in [6, 6.07) is 25.0. The van der Waals surface area contributed by atoms with Crippen LogP contribution in [0.4, 0.5) is 11.5 Å². The number of anilines is 2. The molecule has 150 valence electrons. The fourth-order valence-corrected chi connectivity index (χ4v) is 3.74. The van der Waals surface area contributed by atoms with E-state index in [1.165, 1.54) is 0 Å². The van der Waals surface area contributed by atoms with Gasteiger partial charge in [-0.15, -0.1) is 11.8 Å². The van der Waals surface area contributed by atoms with Crippen LogP contribution >= 0.6 is 23.4 Å². The third-order valence-corrected chi connectivity index (χ3v) is 5.65. The zero-order valence-electron chi connectivity index (χ0n) is 16.4. The first-order valence-corrected chi connectivity index (χ1v) is 11.1. The van der Waals surface area contributed by atoms with E-state index in [1.807, 2.05) is 66.9 Å². The quantitative estimate of drug-likeness (QED) is 0.351. The maximum Gasteiger partial charge on any atom is 0.252 e. The van der Waals surface area contributed by atoms with E-state index >= 15 is 0 Å². The van der Waals surface area contributed by atoms with Crippen LogP contribution in [0.1, 0.15) is 15.9 Å². The molecular formula is C24H20ClN3OS. The number of thioether (sulfide) groups is 1. The molecule has 0 saturated carbocycles. The zero-order chi connectivity index (χ0) is 20.9. The van der Waals surface area contributed by atoms with E-state index in [0.717, 1.165) is 27.0 Å². The Hall–Kier alpha value is -3.02. The first-order valence-electron chi connectivity index (χ1n) is 9.46. The Bertz CT molecular complexity index is 1190. The van der Waals surface area contributed by atoms with E-state index in [1.54, 1.807) is 17.8 Å². The Morgan fingerprint density at radius 2 is 1.80 bits per heavy atom. The van der Waals surface area contributed by atoms with Crippen molar-refractivity contribution in [2.75, 3.05) is 11.6 Å². The molecule has 0 radical (unpaired) electrons. The third kappa shape index (κ3) is 4.75. The highest BCUT2D eigenvalue weighted by Crippen LogP contribution is 2.25. The lowest BCUT2D eigenvalue weighted by Crippen LogP contribution is -2.23. The van der Waals surface area contributed by atoms with Gasteiger partial charge in [0, 0.05) is 27.5 Å². The number of pyridine rings is 1. The van der Waals surface area contributed by atoms with E-state index in [2.05, 4.69) is 27.8 Å². The van der Waals surface area contributed by atoms with Crippen molar-refractivity contribution in [1.82, 2.24) is 10.3 Å². The zero-order valence-corrected chi connectivity index (χ0v) is 17.9. The third-order valence-electron chi connectivity index (χ3n) is 4.67. The van der Waals surface area contributed by atoms with Crippen molar-refractivity contribution >= 4 is 51.7 Å². The number of carbonyl (C=O) groups excluding carboxylic acids is 1. The van der Waals surface area contributed by atoms with E-state index in [4.69, 9.17) is 11.6 Å². The molecule has 0 saturated heterocycles. The summed E-state index contributed by atoms with van der Waals surface area (Å²) in [7, 11) is 0. The lowest BCUT2D eigenvalue weighted by atomic mass is 10.1. The molecule has 0 spiro atoms. The Kier molecular flexibility index (Phi) is 6.21. The largest absolute Gasteiger partial charge is 0.348 e. The Labute approximate surface area is 184 Å². The minimum atomic E-state index is -0.149. The second-order valence-corrected chi connectivity index (χ2v) is 8.05. The van der Waals surface area contributed by atoms with Crippen LogP contribution in [0.25, 0.3) is 10.9 Å². The van der Waals surface area contributed by atoms with Crippen LogP contribution in [-0.4, -0.2) is 17.1 Å². The van der Waals surface area contributed by atoms with E-state index < -0.39 is 0 Å². The molecule has 0 atom stereocenters. The summed E-state index contributed by atoms with van der Waals surface area (Å²) >= 11 is 7.61. The van der Waals surface area contributed by atoms with Gasteiger partial charge in [-0.1, -0.05) is 48.0 Å². The normalized spacial score (nSPS) is 10.7. The molecule has 4 aromatic rings. The monoisotopic (exact) mass is 433 g/mol. The van der Waals surface area contributed by atoms with Crippen LogP contribution in [0.5, 0.6) is 0 Å². The molecule has 0 aliphatic carbocycles. The number of halogens is 1. The highest BCUT2D eigenvalue weighted by molar-refractivity contribution is 7.98. The minimum Gasteiger partial charge on any atom is -0.348 e. The van der Waals surface area contributed by atoms with E-state index in [9.17, 15) is 4.79 Å². The summed E-state index contributed by atoms with van der Waals surface area (Å²) in [5, 5.41) is 7.81. The van der Waals surface area contributed by atoms with E-state index in [-0.39, 0.29) is 5.91 Å². The summed E-state index contributed by atoms with van der Waals surface area (Å²) in [6.45, 7) is 0.422. The van der Waals surface area contributed by atoms with Gasteiger partial charge in [0.2, 0.25) is 0 Å². The number of nitrogens with zero attached hydrogens (tertiary/aromatic N) is 1. The van der Waals surface area contributed by atoms with Crippen LogP contribution in [0.15, 0.2) is 83.8 Å². The average molecular weight is 434 g/mol. The molecule has 0 aliphatic heterocycles. The molecule has 1 heterocycles. The van der Waals surface area contributed by atoms with E-state index in [0.29, 0.717) is 22.9 Å². The number of hydrogen-bond acceptors (Lipinski definition) is 4. The predicted octanol–water partition coefficient (Wildman–Crippen LogP) is 6.28. The van der Waals surface area contributed by atoms with Crippen LogP contribution < -0.4 is 10.6 Å². The number of nitrogens with one attached hydrogen (secondary N) is 2. The lowest BCUT2D eigenvalue weighted by Gasteiger charge is -2.12. The molecular weight excluding hydrogens is 414 g/mol. The molecule has 1 amide bonds. The molecule has 0 bridgehead atoms. The second-order valence-electron chi connectivity index (χ2n) is 6.74. The fourth-order valence-electron chi connectivity index (χ4n) is 3.16. The highest BCUT2D eigenvalue weighted by Gasteiger charge is 2.13. The van der Waals surface area contributed by atoms with Crippen molar-refractivity contribution in [2.24, 2.45) is 0 Å². The second kappa shape index (κ2) is 9.20. The molecule has 0 aliphatic rings. The lowest BCUT2D eigenvalue weighted by molar-refractivity contribution is 0.0952. The Morgan fingerprint density at radius 3 is 2.60 bits per heavy atom. The number of benzene rings is 3. The van der Waals surface area contributed by atoms with Crippen LogP contribution in [0, 0.1) is 0 Å². The van der Waals surface area contributed by atoms with Crippen molar-refractivity contribution in [3.05, 3.63) is 95.0 Å². The standard InChI is InChI=1S/C24H20ClN3OS/c1-30-19-6-4-5-18(13-19)27-23-14-21(20-7-2-3-8-22(20)28-23)24(29)26-15-16-9-11-17(25)12-10-16/h2-14H,15H2,1H3,(H,26,29)(H,27,28). The molecule has 2 N–H and O–H groups in total. The molecule has 6 heteroatoms.